The largest absolute Gasteiger partial charge is 0.493 e. The lowest BCUT2D eigenvalue weighted by atomic mass is 10.0. The molecule has 21 nitrogen and oxygen atoms in total. The molecule has 8 aromatic rings. The molecule has 0 bridgehead atoms. The Hall–Kier alpha value is -7.19. The number of halogens is 3. The van der Waals surface area contributed by atoms with Crippen LogP contribution < -0.4 is 36.2 Å². The van der Waals surface area contributed by atoms with Crippen LogP contribution in [0.5, 0.6) is 17.2 Å². The maximum atomic E-state index is 12.6. The lowest BCUT2D eigenvalue weighted by molar-refractivity contribution is -0.404. The SMILES string of the molecule is CN/C(=C\[N+](=O)[O-])NCCSCc1ccc(CN(C)C)o1.COc1ccnc(CS(=O)c2nc3ccc(OC(F)F)cc3[nH]2)c1OC.O=c1[nH]c2ccccc2n1CCCN1CCC(n2c(=O)[nH]c3cc(Cl)ccc32)CC1. The van der Waals surface area contributed by atoms with Crippen LogP contribution in [0.3, 0.4) is 0 Å². The smallest absolute Gasteiger partial charge is 0.387 e. The molecule has 412 valence electrons. The van der Waals surface area contributed by atoms with Gasteiger partial charge in [-0.2, -0.15) is 20.5 Å². The van der Waals surface area contributed by atoms with E-state index in [-0.39, 0.29) is 34.1 Å². The monoisotopic (exact) mass is 1120 g/mol. The molecule has 3 aromatic carbocycles. The Bertz CT molecular complexity index is 3400. The summed E-state index contributed by atoms with van der Waals surface area (Å²) >= 11 is 7.77. The number of nitrogens with zero attached hydrogens (tertiary/aromatic N) is 7. The number of furan rings is 1. The van der Waals surface area contributed by atoms with Gasteiger partial charge in [-0.3, -0.25) is 28.4 Å². The van der Waals surface area contributed by atoms with Crippen molar-refractivity contribution in [2.45, 2.75) is 61.7 Å². The summed E-state index contributed by atoms with van der Waals surface area (Å²) in [4.78, 5) is 56.1. The lowest BCUT2D eigenvalue weighted by Crippen LogP contribution is -2.37. The van der Waals surface area contributed by atoms with Gasteiger partial charge in [0.25, 0.3) is 6.20 Å². The van der Waals surface area contributed by atoms with E-state index in [1.807, 2.05) is 71.8 Å². The minimum atomic E-state index is -2.92. The summed E-state index contributed by atoms with van der Waals surface area (Å²) in [6, 6.07) is 23.4. The molecule has 6 heterocycles. The lowest BCUT2D eigenvalue weighted by Gasteiger charge is -2.32. The van der Waals surface area contributed by atoms with E-state index in [2.05, 4.69) is 50.1 Å². The number of hydrogen-bond acceptors (Lipinski definition) is 16. The highest BCUT2D eigenvalue weighted by atomic mass is 35.5. The number of pyridine rings is 1. The quantitative estimate of drug-likeness (QED) is 0.0248. The molecule has 77 heavy (non-hydrogen) atoms. The van der Waals surface area contributed by atoms with Crippen LogP contribution in [0.1, 0.15) is 42.5 Å². The standard InChI is InChI=1S/C22H24ClN5O2.C16H15F2N3O4S.C13H22N4O3S/c23-15-6-7-20-18(14-15)25-22(30)28(20)16-8-12-26(13-9-16)10-3-11-27-19-5-2-1-4-17(19)24-21(27)29;1-23-13-5-6-19-12(14(13)24-2)8-26(22)16-20-10-4-3-9(25-15(17)18)7-11(10)21-16;1-14-13(9-17(18)19)15-6-7-21-10-12-5-4-11(20-12)8-16(2)3/h1-2,4-7,14,16H,3,8-13H2,(H,24,29)(H,25,30);3-7,15H,8H2,1-2H3,(H,20,21);4-5,9,14-15H,6-8,10H2,1-3H3/b;;13-9+. The minimum Gasteiger partial charge on any atom is -0.493 e. The Kier molecular flexibility index (Phi) is 20.7. The Morgan fingerprint density at radius 2 is 1.74 bits per heavy atom. The number of thioether (sulfide) groups is 1. The van der Waals surface area contributed by atoms with Crippen LogP contribution in [0.4, 0.5) is 8.78 Å². The molecule has 0 radical (unpaired) electrons. The summed E-state index contributed by atoms with van der Waals surface area (Å²) < 4.78 is 61.5. The molecular weight excluding hydrogens is 1060 g/mol. The van der Waals surface area contributed by atoms with Crippen molar-refractivity contribution in [3.63, 3.8) is 0 Å². The number of aromatic nitrogens is 7. The van der Waals surface area contributed by atoms with Crippen LogP contribution >= 0.6 is 23.4 Å². The Labute approximate surface area is 452 Å². The number of H-pyrrole nitrogens is 3. The third-order valence-electron chi connectivity index (χ3n) is 12.1. The molecule has 1 atom stereocenters. The molecule has 26 heteroatoms. The van der Waals surface area contributed by atoms with Crippen molar-refractivity contribution in [3.8, 4) is 17.2 Å². The van der Waals surface area contributed by atoms with Crippen LogP contribution in [0.25, 0.3) is 33.1 Å². The molecule has 1 aliphatic heterocycles. The molecule has 5 N–H and O–H groups in total. The second kappa shape index (κ2) is 27.7. The van der Waals surface area contributed by atoms with Gasteiger partial charge in [0.2, 0.25) is 0 Å². The van der Waals surface area contributed by atoms with Gasteiger partial charge in [0, 0.05) is 68.4 Å². The maximum Gasteiger partial charge on any atom is 0.387 e. The number of nitro groups is 1. The van der Waals surface area contributed by atoms with Crippen LogP contribution in [0, 0.1) is 10.1 Å². The number of rotatable bonds is 22. The van der Waals surface area contributed by atoms with Crippen molar-refractivity contribution >= 4 is 67.3 Å². The predicted octanol–water partition coefficient (Wildman–Crippen LogP) is 7.70. The van der Waals surface area contributed by atoms with Crippen molar-refractivity contribution in [1.29, 1.82) is 0 Å². The fraction of sp³-hybridized carbons (Fsp3) is 0.373. The van der Waals surface area contributed by atoms with Crippen molar-refractivity contribution in [2.24, 2.45) is 0 Å². The van der Waals surface area contributed by atoms with Gasteiger partial charge < -0.3 is 54.0 Å². The number of methoxy groups -OCH3 is 2. The number of ether oxygens (including phenoxy) is 3. The number of benzene rings is 3. The topological polar surface area (TPSA) is 249 Å². The number of piperidine rings is 1. The highest BCUT2D eigenvalue weighted by molar-refractivity contribution is 7.98. The number of imidazole rings is 3. The normalized spacial score (nSPS) is 13.6. The molecule has 0 saturated carbocycles. The van der Waals surface area contributed by atoms with E-state index in [1.165, 1.54) is 38.6 Å². The number of alkyl halides is 2. The molecule has 1 fully saturated rings. The highest BCUT2D eigenvalue weighted by Gasteiger charge is 2.24. The highest BCUT2D eigenvalue weighted by Crippen LogP contribution is 2.31. The van der Waals surface area contributed by atoms with Gasteiger partial charge >= 0.3 is 18.0 Å². The molecule has 1 unspecified atom stereocenters. The van der Waals surface area contributed by atoms with Gasteiger partial charge in [-0.1, -0.05) is 23.7 Å². The average molecular weight is 1120 g/mol. The number of nitrogens with one attached hydrogen (secondary N) is 5. The van der Waals surface area contributed by atoms with E-state index >= 15 is 0 Å². The predicted molar refractivity (Wildman–Crippen MR) is 294 cm³/mol. The Morgan fingerprint density at radius 1 is 0.974 bits per heavy atom. The summed E-state index contributed by atoms with van der Waals surface area (Å²) in [5.41, 5.74) is 4.82. The van der Waals surface area contributed by atoms with E-state index in [1.54, 1.807) is 30.9 Å². The molecule has 5 aromatic heterocycles. The van der Waals surface area contributed by atoms with Crippen LogP contribution in [-0.4, -0.2) is 127 Å². The molecule has 0 amide bonds. The first-order chi connectivity index (χ1) is 37.1. The van der Waals surface area contributed by atoms with E-state index in [0.29, 0.717) is 52.2 Å². The molecule has 0 spiro atoms. The zero-order valence-electron chi connectivity index (χ0n) is 43.1. The van der Waals surface area contributed by atoms with Gasteiger partial charge in [-0.25, -0.2) is 14.6 Å². The van der Waals surface area contributed by atoms with Crippen molar-refractivity contribution in [3.05, 3.63) is 150 Å². The first-order valence-electron chi connectivity index (χ1n) is 24.4. The summed E-state index contributed by atoms with van der Waals surface area (Å²) in [7, 11) is 7.05. The molecule has 9 rings (SSSR count). The van der Waals surface area contributed by atoms with Crippen LogP contribution in [0.15, 0.2) is 116 Å². The summed E-state index contributed by atoms with van der Waals surface area (Å²) in [5.74, 6) is 4.85. The van der Waals surface area contributed by atoms with Crippen LogP contribution in [-0.2, 0) is 35.4 Å². The Morgan fingerprint density at radius 3 is 2.47 bits per heavy atom. The number of fused-ring (bicyclic) bond motifs is 3. The van der Waals surface area contributed by atoms with Gasteiger partial charge in [0.1, 0.15) is 17.3 Å². The summed E-state index contributed by atoms with van der Waals surface area (Å²) in [5, 5.41) is 16.9. The van der Waals surface area contributed by atoms with Crippen molar-refractivity contribution in [2.75, 3.05) is 67.3 Å². The molecule has 0 aliphatic carbocycles. The average Bonchev–Trinajstić information content (AvgIpc) is 4.21. The van der Waals surface area contributed by atoms with Gasteiger partial charge in [0.05, 0.1) is 86.8 Å². The second-order valence-electron chi connectivity index (χ2n) is 17.7. The number of hydrogen-bond donors (Lipinski definition) is 5. The van der Waals surface area contributed by atoms with Gasteiger partial charge in [-0.05, 0) is 94.5 Å². The maximum absolute atomic E-state index is 12.6. The zero-order chi connectivity index (χ0) is 55.0. The first kappa shape index (κ1) is 57.5. The zero-order valence-corrected chi connectivity index (χ0v) is 45.4. The van der Waals surface area contributed by atoms with E-state index in [4.69, 9.17) is 25.5 Å². The minimum absolute atomic E-state index is 0.00962. The third-order valence-corrected chi connectivity index (χ3v) is 14.5. The molecular formula is C51H61ClF2N12O9S2. The van der Waals surface area contributed by atoms with Crippen molar-refractivity contribution < 1.29 is 36.5 Å². The fourth-order valence-corrected chi connectivity index (χ4v) is 10.6. The Balaban J connectivity index is 0.000000171. The summed E-state index contributed by atoms with van der Waals surface area (Å²) in [6.07, 6.45) is 5.23. The van der Waals surface area contributed by atoms with Crippen molar-refractivity contribution in [1.82, 2.24) is 54.5 Å². The first-order valence-corrected chi connectivity index (χ1v) is 27.2. The molecule has 1 saturated heterocycles. The van der Waals surface area contributed by atoms with Crippen LogP contribution in [0.2, 0.25) is 5.02 Å². The number of aromatic amines is 3. The second-order valence-corrected chi connectivity index (χ2v) is 20.6. The number of aryl methyl sites for hydroxylation is 1. The van der Waals surface area contributed by atoms with E-state index < -0.39 is 22.3 Å². The van der Waals surface area contributed by atoms with E-state index in [0.717, 1.165) is 96.7 Å². The number of likely N-dealkylation sites (tertiary alicyclic amines) is 1. The summed E-state index contributed by atoms with van der Waals surface area (Å²) in [6.45, 7) is 2.05. The fourth-order valence-electron chi connectivity index (χ4n) is 8.67. The van der Waals surface area contributed by atoms with E-state index in [9.17, 15) is 32.7 Å². The van der Waals surface area contributed by atoms with Gasteiger partial charge in [-0.15, -0.1) is 0 Å². The third kappa shape index (κ3) is 15.9. The van der Waals surface area contributed by atoms with Gasteiger partial charge in [0.15, 0.2) is 22.5 Å². The molecule has 1 aliphatic rings. The number of para-hydroxylation sites is 2.